The Bertz CT molecular complexity index is 412. The molecule has 0 saturated heterocycles. The first-order valence-corrected chi connectivity index (χ1v) is 5.68. The molecule has 0 saturated carbocycles. The second-order valence-corrected chi connectivity index (χ2v) is 4.20. The van der Waals surface area contributed by atoms with E-state index in [4.69, 9.17) is 4.74 Å². The van der Waals surface area contributed by atoms with Gasteiger partial charge in [0.25, 0.3) is 5.91 Å². The smallest absolute Gasteiger partial charge is 0.334 e. The first-order chi connectivity index (χ1) is 8.49. The van der Waals surface area contributed by atoms with Crippen LogP contribution in [-0.4, -0.2) is 18.5 Å². The molecule has 0 bridgehead atoms. The lowest BCUT2D eigenvalue weighted by molar-refractivity contribution is -0.161. The third-order valence-electron chi connectivity index (χ3n) is 2.13. The number of hydroxylamine groups is 1. The molecule has 0 aliphatic carbocycles. The van der Waals surface area contributed by atoms with Crippen molar-refractivity contribution < 1.29 is 19.2 Å². The molecule has 0 heterocycles. The number of hydrogen-bond acceptors (Lipinski definition) is 4. The number of rotatable bonds is 4. The highest BCUT2D eigenvalue weighted by molar-refractivity contribution is 5.79. The zero-order valence-corrected chi connectivity index (χ0v) is 10.7. The van der Waals surface area contributed by atoms with E-state index in [0.717, 1.165) is 5.56 Å². The molecule has 1 N–H and O–H groups in total. The van der Waals surface area contributed by atoms with E-state index in [2.05, 4.69) is 4.84 Å². The molecule has 18 heavy (non-hydrogen) atoms. The third kappa shape index (κ3) is 4.86. The SMILES string of the molecule is Cc1ccc(OCC(=O)NOC(=O)C(C)C)cc1. The maximum absolute atomic E-state index is 11.3. The summed E-state index contributed by atoms with van der Waals surface area (Å²) >= 11 is 0. The number of carbonyl (C=O) groups excluding carboxylic acids is 2. The lowest BCUT2D eigenvalue weighted by Gasteiger charge is -2.08. The fourth-order valence-corrected chi connectivity index (χ4v) is 1.04. The van der Waals surface area contributed by atoms with Crippen LogP contribution in [0, 0.1) is 12.8 Å². The maximum Gasteiger partial charge on any atom is 0.334 e. The number of ether oxygens (including phenoxy) is 1. The number of nitrogens with one attached hydrogen (secondary N) is 1. The number of amides is 1. The van der Waals surface area contributed by atoms with Gasteiger partial charge in [-0.1, -0.05) is 31.5 Å². The van der Waals surface area contributed by atoms with Crippen LogP contribution in [0.1, 0.15) is 19.4 Å². The summed E-state index contributed by atoms with van der Waals surface area (Å²) in [7, 11) is 0. The average Bonchev–Trinajstić information content (AvgIpc) is 2.35. The van der Waals surface area contributed by atoms with E-state index in [9.17, 15) is 9.59 Å². The van der Waals surface area contributed by atoms with Gasteiger partial charge in [-0.3, -0.25) is 4.79 Å². The number of hydrogen-bond donors (Lipinski definition) is 1. The van der Waals surface area contributed by atoms with Gasteiger partial charge in [-0.25, -0.2) is 4.79 Å². The van der Waals surface area contributed by atoms with Crippen molar-refractivity contribution in [3.63, 3.8) is 0 Å². The van der Waals surface area contributed by atoms with Crippen molar-refractivity contribution in [3.8, 4) is 5.75 Å². The molecular weight excluding hydrogens is 234 g/mol. The minimum atomic E-state index is -0.510. The summed E-state index contributed by atoms with van der Waals surface area (Å²) in [6.45, 7) is 5.12. The molecular formula is C13H17NO4. The molecule has 98 valence electrons. The van der Waals surface area contributed by atoms with E-state index >= 15 is 0 Å². The second-order valence-electron chi connectivity index (χ2n) is 4.20. The summed E-state index contributed by atoms with van der Waals surface area (Å²) in [5, 5.41) is 0. The van der Waals surface area contributed by atoms with Gasteiger partial charge in [0.05, 0.1) is 5.92 Å². The van der Waals surface area contributed by atoms with E-state index in [1.165, 1.54) is 0 Å². The van der Waals surface area contributed by atoms with Gasteiger partial charge in [0.1, 0.15) is 5.75 Å². The van der Waals surface area contributed by atoms with Crippen molar-refractivity contribution >= 4 is 11.9 Å². The van der Waals surface area contributed by atoms with E-state index in [1.54, 1.807) is 26.0 Å². The van der Waals surface area contributed by atoms with Crippen LogP contribution < -0.4 is 10.2 Å². The van der Waals surface area contributed by atoms with Crippen molar-refractivity contribution in [2.45, 2.75) is 20.8 Å². The van der Waals surface area contributed by atoms with Crippen molar-refractivity contribution in [3.05, 3.63) is 29.8 Å². The summed E-state index contributed by atoms with van der Waals surface area (Å²) in [6.07, 6.45) is 0. The molecule has 1 aromatic rings. The molecule has 5 nitrogen and oxygen atoms in total. The van der Waals surface area contributed by atoms with Gasteiger partial charge in [0, 0.05) is 0 Å². The van der Waals surface area contributed by atoms with Crippen LogP contribution in [0.3, 0.4) is 0 Å². The summed E-state index contributed by atoms with van der Waals surface area (Å²) in [5.74, 6) is -0.697. The largest absolute Gasteiger partial charge is 0.484 e. The molecule has 0 fully saturated rings. The molecule has 0 aliphatic heterocycles. The molecule has 1 amide bonds. The summed E-state index contributed by atoms with van der Waals surface area (Å²) in [6, 6.07) is 7.30. The molecule has 0 radical (unpaired) electrons. The molecule has 5 heteroatoms. The van der Waals surface area contributed by atoms with Crippen LogP contribution in [0.4, 0.5) is 0 Å². The van der Waals surface area contributed by atoms with Gasteiger partial charge in [0.2, 0.25) is 0 Å². The Balaban J connectivity index is 2.29. The lowest BCUT2D eigenvalue weighted by Crippen LogP contribution is -2.32. The van der Waals surface area contributed by atoms with E-state index < -0.39 is 11.9 Å². The molecule has 0 unspecified atom stereocenters. The predicted molar refractivity (Wildman–Crippen MR) is 65.7 cm³/mol. The van der Waals surface area contributed by atoms with E-state index in [1.807, 2.05) is 24.5 Å². The first kappa shape index (κ1) is 14.0. The highest BCUT2D eigenvalue weighted by atomic mass is 16.7. The molecule has 0 aliphatic rings. The lowest BCUT2D eigenvalue weighted by atomic mass is 10.2. The quantitative estimate of drug-likeness (QED) is 0.826. The van der Waals surface area contributed by atoms with Crippen molar-refractivity contribution in [2.24, 2.45) is 5.92 Å². The van der Waals surface area contributed by atoms with Gasteiger partial charge in [0.15, 0.2) is 6.61 Å². The third-order valence-corrected chi connectivity index (χ3v) is 2.13. The fraction of sp³-hybridized carbons (Fsp3) is 0.385. The van der Waals surface area contributed by atoms with Crippen LogP contribution in [-0.2, 0) is 14.4 Å². The highest BCUT2D eigenvalue weighted by Crippen LogP contribution is 2.10. The Labute approximate surface area is 106 Å². The predicted octanol–water partition coefficient (Wildman–Crippen LogP) is 1.60. The van der Waals surface area contributed by atoms with E-state index in [0.29, 0.717) is 5.75 Å². The number of carbonyl (C=O) groups is 2. The van der Waals surface area contributed by atoms with Crippen LogP contribution in [0.5, 0.6) is 5.75 Å². The Hall–Kier alpha value is -2.04. The van der Waals surface area contributed by atoms with Crippen molar-refractivity contribution in [1.29, 1.82) is 0 Å². The Morgan fingerprint density at radius 1 is 1.22 bits per heavy atom. The number of aryl methyl sites for hydroxylation is 1. The van der Waals surface area contributed by atoms with E-state index in [-0.39, 0.29) is 12.5 Å². The highest BCUT2D eigenvalue weighted by Gasteiger charge is 2.11. The summed E-state index contributed by atoms with van der Waals surface area (Å²) in [4.78, 5) is 26.9. The van der Waals surface area contributed by atoms with Gasteiger partial charge >= 0.3 is 5.97 Å². The molecule has 0 atom stereocenters. The normalized spacial score (nSPS) is 10.0. The Morgan fingerprint density at radius 2 is 1.83 bits per heavy atom. The van der Waals surface area contributed by atoms with Gasteiger partial charge in [-0.15, -0.1) is 0 Å². The van der Waals surface area contributed by atoms with Crippen LogP contribution in [0.25, 0.3) is 0 Å². The van der Waals surface area contributed by atoms with Crippen molar-refractivity contribution in [1.82, 2.24) is 5.48 Å². The zero-order valence-electron chi connectivity index (χ0n) is 10.7. The van der Waals surface area contributed by atoms with Gasteiger partial charge < -0.3 is 9.57 Å². The molecule has 0 spiro atoms. The summed E-state index contributed by atoms with van der Waals surface area (Å²) in [5.41, 5.74) is 3.14. The zero-order chi connectivity index (χ0) is 13.5. The Morgan fingerprint density at radius 3 is 2.39 bits per heavy atom. The van der Waals surface area contributed by atoms with Crippen LogP contribution >= 0.6 is 0 Å². The van der Waals surface area contributed by atoms with Crippen LogP contribution in [0.15, 0.2) is 24.3 Å². The Kier molecular flexibility index (Phi) is 5.17. The minimum Gasteiger partial charge on any atom is -0.484 e. The van der Waals surface area contributed by atoms with Crippen molar-refractivity contribution in [2.75, 3.05) is 6.61 Å². The molecule has 1 aromatic carbocycles. The second kappa shape index (κ2) is 6.64. The molecule has 1 rings (SSSR count). The standard InChI is InChI=1S/C13H17NO4/c1-9(2)13(16)18-14-12(15)8-17-11-6-4-10(3)5-7-11/h4-7,9H,8H2,1-3H3,(H,14,15). The summed E-state index contributed by atoms with van der Waals surface area (Å²) < 4.78 is 5.21. The monoisotopic (exact) mass is 251 g/mol. The van der Waals surface area contributed by atoms with Gasteiger partial charge in [-0.05, 0) is 19.1 Å². The molecule has 0 aromatic heterocycles. The first-order valence-electron chi connectivity index (χ1n) is 5.68. The van der Waals surface area contributed by atoms with Crippen LogP contribution in [0.2, 0.25) is 0 Å². The minimum absolute atomic E-state index is 0.200. The average molecular weight is 251 g/mol. The maximum atomic E-state index is 11.3. The topological polar surface area (TPSA) is 64.6 Å². The number of benzene rings is 1. The fourth-order valence-electron chi connectivity index (χ4n) is 1.04. The van der Waals surface area contributed by atoms with Gasteiger partial charge in [-0.2, -0.15) is 5.48 Å².